The lowest BCUT2D eigenvalue weighted by Crippen LogP contribution is -2.22. The Kier molecular flexibility index (Phi) is 2.70. The summed E-state index contributed by atoms with van der Waals surface area (Å²) in [5, 5.41) is 0. The summed E-state index contributed by atoms with van der Waals surface area (Å²) in [4.78, 5) is 0. The lowest BCUT2D eigenvalue weighted by molar-refractivity contribution is 0.498. The molecule has 0 radical (unpaired) electrons. The van der Waals surface area contributed by atoms with Gasteiger partial charge >= 0.3 is 18.3 Å². The van der Waals surface area contributed by atoms with Gasteiger partial charge in [0, 0.05) is 0 Å². The molecule has 6 nitrogen and oxygen atoms in total. The van der Waals surface area contributed by atoms with E-state index in [1.54, 1.807) is 0 Å². The van der Waals surface area contributed by atoms with Crippen molar-refractivity contribution >= 4 is 27.3 Å². The van der Waals surface area contributed by atoms with Crippen LogP contribution in [0.5, 0.6) is 0 Å². The average molecular weight is 209 g/mol. The SMILES string of the molecule is C[S+](S(=O)(=O)O)S(=O)(=O)O. The zero-order valence-electron chi connectivity index (χ0n) is 4.75. The molecule has 0 aromatic heterocycles. The van der Waals surface area contributed by atoms with Crippen molar-refractivity contribution in [1.82, 2.24) is 0 Å². The summed E-state index contributed by atoms with van der Waals surface area (Å²) in [6.07, 6.45) is 0.685. The Morgan fingerprint density at radius 3 is 1.20 bits per heavy atom. The zero-order valence-corrected chi connectivity index (χ0v) is 7.20. The molecule has 0 aromatic rings. The minimum atomic E-state index is -4.67. The molecule has 0 aromatic carbocycles. The van der Waals surface area contributed by atoms with Gasteiger partial charge in [0.05, 0.1) is 0 Å². The fraction of sp³-hybridized carbons (Fsp3) is 1.00. The smallest absolute Gasteiger partial charge is 0.245 e. The van der Waals surface area contributed by atoms with E-state index in [1.807, 2.05) is 0 Å². The molecule has 0 spiro atoms. The summed E-state index contributed by atoms with van der Waals surface area (Å²) in [6.45, 7) is 0. The van der Waals surface area contributed by atoms with Gasteiger partial charge in [-0.25, -0.2) is 9.11 Å². The highest BCUT2D eigenvalue weighted by molar-refractivity contribution is 8.98. The van der Waals surface area contributed by atoms with Crippen LogP contribution in [-0.4, -0.2) is 32.2 Å². The third kappa shape index (κ3) is 2.84. The van der Waals surface area contributed by atoms with Crippen molar-refractivity contribution < 1.29 is 25.9 Å². The Morgan fingerprint density at radius 1 is 1.00 bits per heavy atom. The summed E-state index contributed by atoms with van der Waals surface area (Å²) >= 11 is 0. The van der Waals surface area contributed by atoms with Crippen LogP contribution in [0.25, 0.3) is 0 Å². The van der Waals surface area contributed by atoms with Crippen LogP contribution in [0.1, 0.15) is 0 Å². The van der Waals surface area contributed by atoms with Crippen LogP contribution in [0.4, 0.5) is 0 Å². The highest BCUT2D eigenvalue weighted by Gasteiger charge is 2.42. The van der Waals surface area contributed by atoms with Crippen LogP contribution < -0.4 is 0 Å². The highest BCUT2D eigenvalue weighted by atomic mass is 33.6. The molecule has 0 atom stereocenters. The van der Waals surface area contributed by atoms with Crippen LogP contribution in [0, 0.1) is 0 Å². The molecule has 0 fully saturated rings. The predicted octanol–water partition coefficient (Wildman–Crippen LogP) is -1.16. The Morgan fingerprint density at radius 2 is 1.20 bits per heavy atom. The molecular formula is CH5O6S3+. The normalized spacial score (nSPS) is 14.0. The van der Waals surface area contributed by atoms with Gasteiger partial charge in [-0.15, -0.1) is 16.8 Å². The third-order valence-corrected chi connectivity index (χ3v) is 8.43. The topological polar surface area (TPSA) is 109 Å². The molecule has 0 heterocycles. The maximum absolute atomic E-state index is 10.0. The molecule has 62 valence electrons. The Labute approximate surface area is 59.9 Å². The molecule has 0 saturated heterocycles. The largest absolute Gasteiger partial charge is 0.466 e. The van der Waals surface area contributed by atoms with Crippen LogP contribution >= 0.6 is 0 Å². The van der Waals surface area contributed by atoms with Crippen LogP contribution in [0.3, 0.4) is 0 Å². The number of rotatable bonds is 2. The summed E-state index contributed by atoms with van der Waals surface area (Å²) in [5.74, 6) is 0. The van der Waals surface area contributed by atoms with E-state index in [0.29, 0.717) is 6.26 Å². The lowest BCUT2D eigenvalue weighted by atomic mass is 12.0. The maximum atomic E-state index is 10.0. The van der Waals surface area contributed by atoms with Gasteiger partial charge in [-0.05, 0) is 0 Å². The third-order valence-electron chi connectivity index (χ3n) is 0.593. The van der Waals surface area contributed by atoms with E-state index in [1.165, 1.54) is 0 Å². The molecule has 10 heavy (non-hydrogen) atoms. The van der Waals surface area contributed by atoms with Crippen molar-refractivity contribution in [3.8, 4) is 0 Å². The summed E-state index contributed by atoms with van der Waals surface area (Å²) < 4.78 is 56.2. The molecule has 0 unspecified atom stereocenters. The van der Waals surface area contributed by atoms with Gasteiger partial charge in [0.25, 0.3) is 8.96 Å². The van der Waals surface area contributed by atoms with Gasteiger partial charge in [-0.3, -0.25) is 0 Å². The van der Waals surface area contributed by atoms with Crippen molar-refractivity contribution in [3.05, 3.63) is 0 Å². The van der Waals surface area contributed by atoms with Crippen LogP contribution in [-0.2, 0) is 27.3 Å². The minimum Gasteiger partial charge on any atom is -0.245 e. The number of hydrogen-bond donors (Lipinski definition) is 2. The van der Waals surface area contributed by atoms with Gasteiger partial charge in [0.1, 0.15) is 6.26 Å². The molecule has 0 amide bonds. The number of hydrogen-bond acceptors (Lipinski definition) is 4. The summed E-state index contributed by atoms with van der Waals surface area (Å²) in [7, 11) is -11.8. The maximum Gasteiger partial charge on any atom is 0.466 e. The van der Waals surface area contributed by atoms with E-state index in [0.717, 1.165) is 0 Å². The highest BCUT2D eigenvalue weighted by Crippen LogP contribution is 2.07. The second-order valence-corrected chi connectivity index (χ2v) is 9.93. The first-order valence-electron chi connectivity index (χ1n) is 1.77. The molecule has 0 aliphatic heterocycles. The van der Waals surface area contributed by atoms with Crippen LogP contribution in [0.2, 0.25) is 0 Å². The second kappa shape index (κ2) is 2.66. The minimum absolute atomic E-state index is 0.685. The monoisotopic (exact) mass is 209 g/mol. The summed E-state index contributed by atoms with van der Waals surface area (Å²) in [6, 6.07) is 0. The van der Waals surface area contributed by atoms with Gasteiger partial charge in [0.2, 0.25) is 0 Å². The van der Waals surface area contributed by atoms with Crippen molar-refractivity contribution in [1.29, 1.82) is 0 Å². The average Bonchev–Trinajstić information content (AvgIpc) is 1.59. The molecule has 0 bridgehead atoms. The predicted molar refractivity (Wildman–Crippen MR) is 36.4 cm³/mol. The molecule has 9 heteroatoms. The molecule has 0 aliphatic carbocycles. The van der Waals surface area contributed by atoms with E-state index < -0.39 is 27.3 Å². The molecule has 0 saturated carbocycles. The first-order chi connectivity index (χ1) is 4.15. The fourth-order valence-electron chi connectivity index (χ4n) is 0.109. The molecular weight excluding hydrogens is 204 g/mol. The van der Waals surface area contributed by atoms with Crippen molar-refractivity contribution in [2.45, 2.75) is 0 Å². The van der Waals surface area contributed by atoms with Gasteiger partial charge in [-0.2, -0.15) is 0 Å². The molecule has 0 rings (SSSR count). The zero-order chi connectivity index (χ0) is 8.58. The molecule has 0 aliphatic rings. The summed E-state index contributed by atoms with van der Waals surface area (Å²) in [5.41, 5.74) is 0. The van der Waals surface area contributed by atoms with Crippen molar-refractivity contribution in [2.24, 2.45) is 0 Å². The quantitative estimate of drug-likeness (QED) is 0.337. The fourth-order valence-corrected chi connectivity index (χ4v) is 2.93. The Bertz CT molecular complexity index is 262. The van der Waals surface area contributed by atoms with Crippen molar-refractivity contribution in [2.75, 3.05) is 6.26 Å². The first-order valence-corrected chi connectivity index (χ1v) is 7.32. The second-order valence-electron chi connectivity index (χ2n) is 1.26. The van der Waals surface area contributed by atoms with Crippen molar-refractivity contribution in [3.63, 3.8) is 0 Å². The molecule has 2 N–H and O–H groups in total. The van der Waals surface area contributed by atoms with Crippen LogP contribution in [0.15, 0.2) is 0 Å². The first kappa shape index (κ1) is 10.2. The Balaban J connectivity index is 4.94. The van der Waals surface area contributed by atoms with Gasteiger partial charge in [0.15, 0.2) is 0 Å². The van der Waals surface area contributed by atoms with Gasteiger partial charge < -0.3 is 0 Å². The van der Waals surface area contributed by atoms with Gasteiger partial charge in [-0.1, -0.05) is 0 Å². The van der Waals surface area contributed by atoms with E-state index in [-0.39, 0.29) is 0 Å². The van der Waals surface area contributed by atoms with E-state index in [4.69, 9.17) is 9.11 Å². The standard InChI is InChI=1S/CH4O6S3/c1-8(9(2,3)4)10(5,6)7/h1H3,(H-,2,3,4,5,6,7)/p+1. The Hall–Kier alpha value is 0.170. The van der Waals surface area contributed by atoms with E-state index in [2.05, 4.69) is 0 Å². The van der Waals surface area contributed by atoms with E-state index >= 15 is 0 Å². The van der Waals surface area contributed by atoms with E-state index in [9.17, 15) is 16.8 Å². The lowest BCUT2D eigenvalue weighted by Gasteiger charge is -1.89.